The molecule has 0 saturated heterocycles. The maximum atomic E-state index is 12.3. The molecule has 0 aromatic heterocycles. The molecular weight excluding hydrogens is 236 g/mol. The van der Waals surface area contributed by atoms with Crippen molar-refractivity contribution in [1.29, 1.82) is 0 Å². The van der Waals surface area contributed by atoms with Crippen molar-refractivity contribution in [2.24, 2.45) is 11.7 Å². The topological polar surface area (TPSA) is 55.1 Å². The summed E-state index contributed by atoms with van der Waals surface area (Å²) in [6.07, 6.45) is 5.33. The van der Waals surface area contributed by atoms with E-state index >= 15 is 0 Å². The number of nitrogens with two attached hydrogens (primary N) is 1. The van der Waals surface area contributed by atoms with E-state index in [0.29, 0.717) is 0 Å². The van der Waals surface area contributed by atoms with Crippen molar-refractivity contribution in [3.63, 3.8) is 0 Å². The lowest BCUT2D eigenvalue weighted by Crippen LogP contribution is -2.37. The van der Waals surface area contributed by atoms with Gasteiger partial charge in [-0.15, -0.1) is 0 Å². The quantitative estimate of drug-likeness (QED) is 0.803. The van der Waals surface area contributed by atoms with Gasteiger partial charge < -0.3 is 11.1 Å². The number of nitrogens with one attached hydrogen (secondary N) is 1. The molecule has 2 rings (SSSR count). The van der Waals surface area contributed by atoms with Crippen molar-refractivity contribution in [3.05, 3.63) is 29.3 Å². The van der Waals surface area contributed by atoms with E-state index in [4.69, 9.17) is 5.73 Å². The van der Waals surface area contributed by atoms with E-state index in [1.165, 1.54) is 17.5 Å². The summed E-state index contributed by atoms with van der Waals surface area (Å²) < 4.78 is 0. The van der Waals surface area contributed by atoms with Crippen LogP contribution in [0.2, 0.25) is 0 Å². The second-order valence-electron chi connectivity index (χ2n) is 5.70. The Kier molecular flexibility index (Phi) is 4.59. The minimum Gasteiger partial charge on any atom is -0.327 e. The first-order valence-electron chi connectivity index (χ1n) is 7.21. The third-order valence-electron chi connectivity index (χ3n) is 4.18. The van der Waals surface area contributed by atoms with Gasteiger partial charge in [0.2, 0.25) is 5.91 Å². The van der Waals surface area contributed by atoms with Crippen LogP contribution >= 0.6 is 0 Å². The molecule has 0 bridgehead atoms. The molecule has 0 heterocycles. The second kappa shape index (κ2) is 6.20. The van der Waals surface area contributed by atoms with Crippen LogP contribution in [-0.2, 0) is 4.79 Å². The predicted octanol–water partition coefficient (Wildman–Crippen LogP) is 3.15. The smallest absolute Gasteiger partial charge is 0.229 e. The highest BCUT2D eigenvalue weighted by Crippen LogP contribution is 2.24. The van der Waals surface area contributed by atoms with E-state index in [1.54, 1.807) is 0 Å². The third kappa shape index (κ3) is 3.57. The molecule has 104 valence electrons. The van der Waals surface area contributed by atoms with Crippen LogP contribution in [0, 0.1) is 19.8 Å². The lowest BCUT2D eigenvalue weighted by molar-refractivity contribution is -0.120. The Morgan fingerprint density at radius 2 is 1.89 bits per heavy atom. The molecule has 1 aromatic carbocycles. The summed E-state index contributed by atoms with van der Waals surface area (Å²) in [5.74, 6) is 0.0433. The molecule has 3 heteroatoms. The zero-order valence-corrected chi connectivity index (χ0v) is 11.9. The largest absolute Gasteiger partial charge is 0.327 e. The van der Waals surface area contributed by atoms with Gasteiger partial charge in [0.1, 0.15) is 0 Å². The van der Waals surface area contributed by atoms with E-state index in [2.05, 4.69) is 19.2 Å². The number of hydrogen-bond donors (Lipinski definition) is 2. The number of amides is 1. The lowest BCUT2D eigenvalue weighted by Gasteiger charge is -2.20. The van der Waals surface area contributed by atoms with Gasteiger partial charge in [0, 0.05) is 11.7 Å². The molecule has 1 amide bonds. The first-order valence-corrected chi connectivity index (χ1v) is 7.21. The molecule has 0 spiro atoms. The molecule has 0 aliphatic heterocycles. The van der Waals surface area contributed by atoms with Gasteiger partial charge in [-0.3, -0.25) is 4.79 Å². The van der Waals surface area contributed by atoms with Gasteiger partial charge in [-0.1, -0.05) is 25.3 Å². The molecule has 3 nitrogen and oxygen atoms in total. The summed E-state index contributed by atoms with van der Waals surface area (Å²) in [6.45, 7) is 4.13. The zero-order chi connectivity index (χ0) is 13.8. The number of carbonyl (C=O) groups is 1. The van der Waals surface area contributed by atoms with E-state index in [9.17, 15) is 4.79 Å². The fourth-order valence-electron chi connectivity index (χ4n) is 2.72. The van der Waals surface area contributed by atoms with Crippen LogP contribution in [0.3, 0.4) is 0 Å². The van der Waals surface area contributed by atoms with Crippen LogP contribution in [0.4, 0.5) is 5.69 Å². The SMILES string of the molecule is Cc1ccc(NC(=O)C2CCCCCC2N)cc1C. The Bertz CT molecular complexity index is 456. The van der Waals surface area contributed by atoms with E-state index in [1.807, 2.05) is 18.2 Å². The van der Waals surface area contributed by atoms with Crippen LogP contribution in [-0.4, -0.2) is 11.9 Å². The first kappa shape index (κ1) is 14.1. The Balaban J connectivity index is 2.04. The fraction of sp³-hybridized carbons (Fsp3) is 0.562. The van der Waals surface area contributed by atoms with Gasteiger partial charge in [-0.2, -0.15) is 0 Å². The maximum Gasteiger partial charge on any atom is 0.229 e. The van der Waals surface area contributed by atoms with Crippen LogP contribution in [0.25, 0.3) is 0 Å². The highest BCUT2D eigenvalue weighted by molar-refractivity contribution is 5.93. The molecule has 3 N–H and O–H groups in total. The van der Waals surface area contributed by atoms with Gasteiger partial charge in [-0.25, -0.2) is 0 Å². The molecule has 2 unspecified atom stereocenters. The van der Waals surface area contributed by atoms with Crippen molar-refractivity contribution in [2.75, 3.05) is 5.32 Å². The Labute approximate surface area is 115 Å². The summed E-state index contributed by atoms with van der Waals surface area (Å²) >= 11 is 0. The average molecular weight is 260 g/mol. The summed E-state index contributed by atoms with van der Waals surface area (Å²) in [4.78, 5) is 12.3. The Hall–Kier alpha value is -1.35. The van der Waals surface area contributed by atoms with E-state index in [0.717, 1.165) is 31.4 Å². The molecule has 0 radical (unpaired) electrons. The average Bonchev–Trinajstić information content (AvgIpc) is 2.58. The van der Waals surface area contributed by atoms with Gasteiger partial charge in [0.05, 0.1) is 5.92 Å². The molecule has 2 atom stereocenters. The zero-order valence-electron chi connectivity index (χ0n) is 11.9. The number of carbonyl (C=O) groups excluding carboxylic acids is 1. The standard InChI is InChI=1S/C16H24N2O/c1-11-8-9-13(10-12(11)2)18-16(19)14-6-4-3-5-7-15(14)17/h8-10,14-15H,3-7,17H2,1-2H3,(H,18,19). The van der Waals surface area contributed by atoms with Crippen LogP contribution < -0.4 is 11.1 Å². The highest BCUT2D eigenvalue weighted by Gasteiger charge is 2.26. The van der Waals surface area contributed by atoms with E-state index < -0.39 is 0 Å². The summed E-state index contributed by atoms with van der Waals surface area (Å²) in [5.41, 5.74) is 9.44. The van der Waals surface area contributed by atoms with Gasteiger partial charge in [-0.05, 0) is 49.9 Å². The van der Waals surface area contributed by atoms with Gasteiger partial charge in [0.25, 0.3) is 0 Å². The molecular formula is C16H24N2O. The lowest BCUT2D eigenvalue weighted by atomic mass is 9.94. The van der Waals surface area contributed by atoms with E-state index in [-0.39, 0.29) is 17.9 Å². The molecule has 1 saturated carbocycles. The summed E-state index contributed by atoms with van der Waals surface area (Å²) in [7, 11) is 0. The minimum atomic E-state index is -0.0379. The minimum absolute atomic E-state index is 0.00838. The number of hydrogen-bond acceptors (Lipinski definition) is 2. The maximum absolute atomic E-state index is 12.3. The van der Waals surface area contributed by atoms with Crippen molar-refractivity contribution in [3.8, 4) is 0 Å². The summed E-state index contributed by atoms with van der Waals surface area (Å²) in [6, 6.07) is 6.03. The molecule has 1 aliphatic rings. The number of anilines is 1. The molecule has 1 aromatic rings. The highest BCUT2D eigenvalue weighted by atomic mass is 16.1. The van der Waals surface area contributed by atoms with Crippen molar-refractivity contribution in [1.82, 2.24) is 0 Å². The van der Waals surface area contributed by atoms with Gasteiger partial charge >= 0.3 is 0 Å². The van der Waals surface area contributed by atoms with Crippen molar-refractivity contribution >= 4 is 11.6 Å². The van der Waals surface area contributed by atoms with Crippen LogP contribution in [0.5, 0.6) is 0 Å². The van der Waals surface area contributed by atoms with Crippen molar-refractivity contribution in [2.45, 2.75) is 52.0 Å². The number of rotatable bonds is 2. The van der Waals surface area contributed by atoms with Crippen LogP contribution in [0.15, 0.2) is 18.2 Å². The monoisotopic (exact) mass is 260 g/mol. The Morgan fingerprint density at radius 3 is 2.63 bits per heavy atom. The normalized spacial score (nSPS) is 23.7. The van der Waals surface area contributed by atoms with Crippen LogP contribution in [0.1, 0.15) is 43.2 Å². The number of benzene rings is 1. The van der Waals surface area contributed by atoms with Crippen molar-refractivity contribution < 1.29 is 4.79 Å². The predicted molar refractivity (Wildman–Crippen MR) is 79.1 cm³/mol. The molecule has 1 fully saturated rings. The number of aryl methyl sites for hydroxylation is 2. The third-order valence-corrected chi connectivity index (χ3v) is 4.18. The molecule has 1 aliphatic carbocycles. The fourth-order valence-corrected chi connectivity index (χ4v) is 2.72. The Morgan fingerprint density at radius 1 is 1.16 bits per heavy atom. The van der Waals surface area contributed by atoms with Gasteiger partial charge in [0.15, 0.2) is 0 Å². The first-order chi connectivity index (χ1) is 9.08. The molecule has 19 heavy (non-hydrogen) atoms. The summed E-state index contributed by atoms with van der Waals surface area (Å²) in [5, 5.41) is 3.02. The second-order valence-corrected chi connectivity index (χ2v) is 5.70.